The Balaban J connectivity index is 1.09. The minimum atomic E-state index is 0.0114. The number of carbonyl (C=O) groups excluding carboxylic acids is 1. The summed E-state index contributed by atoms with van der Waals surface area (Å²) in [4.78, 5) is 30.0. The molecule has 34 heavy (non-hydrogen) atoms. The number of carbonyl (C=O) groups is 1. The zero-order valence-electron chi connectivity index (χ0n) is 18.8. The van der Waals surface area contributed by atoms with E-state index in [2.05, 4.69) is 27.0 Å². The second-order valence-electron chi connectivity index (χ2n) is 9.39. The number of amides is 1. The van der Waals surface area contributed by atoms with Crippen LogP contribution < -0.4 is 4.90 Å². The van der Waals surface area contributed by atoms with Gasteiger partial charge in [-0.05, 0) is 42.5 Å². The van der Waals surface area contributed by atoms with E-state index in [1.54, 1.807) is 18.5 Å². The van der Waals surface area contributed by atoms with Crippen molar-refractivity contribution in [3.8, 4) is 11.4 Å². The topological polar surface area (TPSA) is 93.2 Å². The molecule has 10 heteroatoms. The molecule has 4 heterocycles. The minimum Gasteiger partial charge on any atom is -0.422 e. The average Bonchev–Trinajstić information content (AvgIpc) is 3.22. The summed E-state index contributed by atoms with van der Waals surface area (Å²) in [5.74, 6) is 0.698. The van der Waals surface area contributed by atoms with Crippen LogP contribution in [0, 0.1) is 5.41 Å². The van der Waals surface area contributed by atoms with Crippen molar-refractivity contribution >= 4 is 34.8 Å². The molecule has 1 aromatic carbocycles. The SMILES string of the molecule is CC1(Cn2cnc(-c3ccc(C(=O)N4CCN(c5nc6nc(Cl)ccc6o5)CC4)cc3)n2)CC1. The van der Waals surface area contributed by atoms with Gasteiger partial charge in [0.1, 0.15) is 11.5 Å². The van der Waals surface area contributed by atoms with Gasteiger partial charge in [-0.15, -0.1) is 0 Å². The first-order valence-electron chi connectivity index (χ1n) is 11.4. The molecule has 0 bridgehead atoms. The Kier molecular flexibility index (Phi) is 5.02. The van der Waals surface area contributed by atoms with Gasteiger partial charge in [-0.1, -0.05) is 30.7 Å². The highest BCUT2D eigenvalue weighted by Crippen LogP contribution is 2.46. The summed E-state index contributed by atoms with van der Waals surface area (Å²) in [6, 6.07) is 11.5. The van der Waals surface area contributed by atoms with Crippen LogP contribution in [0.1, 0.15) is 30.1 Å². The van der Waals surface area contributed by atoms with Gasteiger partial charge in [-0.25, -0.2) is 9.97 Å². The predicted molar refractivity (Wildman–Crippen MR) is 128 cm³/mol. The fraction of sp³-hybridized carbons (Fsp3) is 0.375. The fourth-order valence-corrected chi connectivity index (χ4v) is 4.37. The summed E-state index contributed by atoms with van der Waals surface area (Å²) in [5.41, 5.74) is 3.02. The Labute approximate surface area is 201 Å². The molecule has 0 radical (unpaired) electrons. The molecule has 0 atom stereocenters. The first kappa shape index (κ1) is 21.1. The summed E-state index contributed by atoms with van der Waals surface area (Å²) < 4.78 is 7.73. The standard InChI is InChI=1S/C24H24ClN7O2/c1-24(8-9-24)14-32-15-26-20(29-32)16-2-4-17(5-3-16)22(33)30-10-12-31(13-11-30)23-28-21-18(34-23)6-7-19(25)27-21/h2-7,15H,8-14H2,1H3. The lowest BCUT2D eigenvalue weighted by Gasteiger charge is -2.33. The van der Waals surface area contributed by atoms with Crippen molar-refractivity contribution in [3.05, 3.63) is 53.4 Å². The fourth-order valence-electron chi connectivity index (χ4n) is 4.23. The third-order valence-corrected chi connectivity index (χ3v) is 6.83. The van der Waals surface area contributed by atoms with E-state index in [9.17, 15) is 4.79 Å². The first-order valence-corrected chi connectivity index (χ1v) is 11.8. The normalized spacial score (nSPS) is 17.4. The monoisotopic (exact) mass is 477 g/mol. The minimum absolute atomic E-state index is 0.0114. The van der Waals surface area contributed by atoms with Gasteiger partial charge >= 0.3 is 0 Å². The second kappa shape index (κ2) is 8.09. The summed E-state index contributed by atoms with van der Waals surface area (Å²) in [6.07, 6.45) is 4.28. The van der Waals surface area contributed by atoms with Gasteiger partial charge in [0, 0.05) is 43.9 Å². The number of oxazole rings is 1. The summed E-state index contributed by atoms with van der Waals surface area (Å²) in [5, 5.41) is 4.99. The van der Waals surface area contributed by atoms with Crippen LogP contribution in [0.2, 0.25) is 5.15 Å². The van der Waals surface area contributed by atoms with Gasteiger partial charge in [0.05, 0.1) is 0 Å². The smallest absolute Gasteiger partial charge is 0.300 e. The zero-order chi connectivity index (χ0) is 23.3. The maximum Gasteiger partial charge on any atom is 0.300 e. The molecule has 1 saturated carbocycles. The van der Waals surface area contributed by atoms with Crippen LogP contribution in [0.3, 0.4) is 0 Å². The molecule has 2 aliphatic rings. The lowest BCUT2D eigenvalue weighted by atomic mass is 10.1. The van der Waals surface area contributed by atoms with Crippen molar-refractivity contribution in [2.24, 2.45) is 5.41 Å². The number of halogens is 1. The van der Waals surface area contributed by atoms with Gasteiger partial charge in [-0.3, -0.25) is 9.48 Å². The zero-order valence-corrected chi connectivity index (χ0v) is 19.6. The molecule has 0 unspecified atom stereocenters. The Morgan fingerprint density at radius 3 is 2.56 bits per heavy atom. The Bertz CT molecular complexity index is 1350. The van der Waals surface area contributed by atoms with E-state index in [1.165, 1.54) is 12.8 Å². The third-order valence-electron chi connectivity index (χ3n) is 6.62. The molecule has 0 N–H and O–H groups in total. The molecular weight excluding hydrogens is 454 g/mol. The van der Waals surface area contributed by atoms with E-state index < -0.39 is 0 Å². The van der Waals surface area contributed by atoms with E-state index in [-0.39, 0.29) is 5.91 Å². The second-order valence-corrected chi connectivity index (χ2v) is 9.77. The van der Waals surface area contributed by atoms with E-state index in [0.717, 1.165) is 12.1 Å². The molecular formula is C24H24ClN7O2. The lowest BCUT2D eigenvalue weighted by molar-refractivity contribution is 0.0745. The predicted octanol–water partition coefficient (Wildman–Crippen LogP) is 3.90. The van der Waals surface area contributed by atoms with Crippen LogP contribution in [-0.2, 0) is 6.54 Å². The van der Waals surface area contributed by atoms with Crippen LogP contribution in [-0.4, -0.2) is 61.7 Å². The van der Waals surface area contributed by atoms with Crippen molar-refractivity contribution in [3.63, 3.8) is 0 Å². The van der Waals surface area contributed by atoms with Crippen molar-refractivity contribution in [2.45, 2.75) is 26.3 Å². The summed E-state index contributed by atoms with van der Waals surface area (Å²) in [7, 11) is 0. The number of pyridine rings is 1. The molecule has 1 amide bonds. The number of benzene rings is 1. The highest BCUT2D eigenvalue weighted by Gasteiger charge is 2.37. The molecule has 1 aliphatic heterocycles. The van der Waals surface area contributed by atoms with Crippen LogP contribution in [0.15, 0.2) is 47.1 Å². The summed E-state index contributed by atoms with van der Waals surface area (Å²) in [6.45, 7) is 5.59. The Morgan fingerprint density at radius 2 is 1.82 bits per heavy atom. The van der Waals surface area contributed by atoms with Gasteiger partial charge in [0.25, 0.3) is 11.9 Å². The van der Waals surface area contributed by atoms with Crippen LogP contribution >= 0.6 is 11.6 Å². The Hall–Kier alpha value is -3.46. The van der Waals surface area contributed by atoms with Crippen LogP contribution in [0.5, 0.6) is 0 Å². The molecule has 9 nitrogen and oxygen atoms in total. The number of aromatic nitrogens is 5. The summed E-state index contributed by atoms with van der Waals surface area (Å²) >= 11 is 5.94. The molecule has 4 aromatic rings. The van der Waals surface area contributed by atoms with Crippen molar-refractivity contribution in [1.82, 2.24) is 29.6 Å². The van der Waals surface area contributed by atoms with Crippen molar-refractivity contribution in [1.29, 1.82) is 0 Å². The molecule has 3 aromatic heterocycles. The lowest BCUT2D eigenvalue weighted by Crippen LogP contribution is -2.48. The molecule has 1 saturated heterocycles. The molecule has 6 rings (SSSR count). The van der Waals surface area contributed by atoms with E-state index in [4.69, 9.17) is 16.0 Å². The van der Waals surface area contributed by atoms with Gasteiger partial charge in [-0.2, -0.15) is 10.1 Å². The highest BCUT2D eigenvalue weighted by molar-refractivity contribution is 6.29. The van der Waals surface area contributed by atoms with Crippen molar-refractivity contribution in [2.75, 3.05) is 31.1 Å². The van der Waals surface area contributed by atoms with E-state index in [0.29, 0.717) is 65.4 Å². The van der Waals surface area contributed by atoms with Crippen LogP contribution in [0.25, 0.3) is 22.6 Å². The maximum atomic E-state index is 13.0. The first-order chi connectivity index (χ1) is 16.5. The maximum absolute atomic E-state index is 13.0. The van der Waals surface area contributed by atoms with Gasteiger partial charge < -0.3 is 14.2 Å². The number of rotatable bonds is 5. The molecule has 2 fully saturated rings. The molecule has 174 valence electrons. The largest absolute Gasteiger partial charge is 0.422 e. The van der Waals surface area contributed by atoms with Gasteiger partial charge in [0.2, 0.25) is 5.65 Å². The average molecular weight is 478 g/mol. The van der Waals surface area contributed by atoms with Crippen molar-refractivity contribution < 1.29 is 9.21 Å². The van der Waals surface area contributed by atoms with E-state index in [1.807, 2.05) is 38.7 Å². The molecule has 1 aliphatic carbocycles. The number of fused-ring (bicyclic) bond motifs is 1. The highest BCUT2D eigenvalue weighted by atomic mass is 35.5. The van der Waals surface area contributed by atoms with Crippen LogP contribution in [0.4, 0.5) is 6.01 Å². The number of piperazine rings is 1. The van der Waals surface area contributed by atoms with E-state index >= 15 is 0 Å². The quantitative estimate of drug-likeness (QED) is 0.402. The van der Waals surface area contributed by atoms with Gasteiger partial charge in [0.15, 0.2) is 11.4 Å². The number of nitrogens with zero attached hydrogens (tertiary/aromatic N) is 7. The number of anilines is 1. The third kappa shape index (κ3) is 4.11. The number of hydrogen-bond acceptors (Lipinski definition) is 7. The number of hydrogen-bond donors (Lipinski definition) is 0. The molecule has 0 spiro atoms. The Morgan fingerprint density at radius 1 is 1.06 bits per heavy atom.